The van der Waals surface area contributed by atoms with Crippen molar-refractivity contribution >= 4 is 15.8 Å². The number of hydrogen-bond acceptors (Lipinski definition) is 7. The zero-order chi connectivity index (χ0) is 27.0. The average Bonchev–Trinajstić information content (AvgIpc) is 3.34. The quantitative estimate of drug-likeness (QED) is 0.310. The number of alkyl halides is 6. The molecule has 1 aromatic carbocycles. The second-order valence-corrected chi connectivity index (χ2v) is 9.16. The van der Waals surface area contributed by atoms with Crippen LogP contribution in [0.2, 0.25) is 0 Å². The Labute approximate surface area is 203 Å². The van der Waals surface area contributed by atoms with E-state index in [0.29, 0.717) is 10.4 Å². The van der Waals surface area contributed by atoms with Gasteiger partial charge in [-0.3, -0.25) is 4.98 Å². The molecule has 3 aromatic heterocycles. The molecule has 194 valence electrons. The van der Waals surface area contributed by atoms with E-state index in [2.05, 4.69) is 24.6 Å². The molecule has 8 nitrogen and oxygen atoms in total. The number of halogens is 7. The topological polar surface area (TPSA) is 102 Å². The van der Waals surface area contributed by atoms with Crippen molar-refractivity contribution < 1.29 is 43.6 Å². The van der Waals surface area contributed by atoms with Crippen LogP contribution in [-0.2, 0) is 28.9 Å². The van der Waals surface area contributed by atoms with Crippen molar-refractivity contribution in [3.05, 3.63) is 83.9 Å². The van der Waals surface area contributed by atoms with Gasteiger partial charge in [0.25, 0.3) is 10.0 Å². The van der Waals surface area contributed by atoms with E-state index in [9.17, 15) is 39.2 Å². The molecule has 3 heterocycles. The number of benzene rings is 1. The molecule has 0 radical (unpaired) electrons. The lowest BCUT2D eigenvalue weighted by atomic mass is 10.1. The lowest BCUT2D eigenvalue weighted by Crippen LogP contribution is -2.32. The van der Waals surface area contributed by atoms with Gasteiger partial charge in [0, 0.05) is 23.5 Å². The molecule has 0 unspecified atom stereocenters. The van der Waals surface area contributed by atoms with Crippen LogP contribution in [0.25, 0.3) is 11.5 Å². The molecule has 0 fully saturated rings. The molecule has 0 atom stereocenters. The first-order valence-electron chi connectivity index (χ1n) is 9.93. The van der Waals surface area contributed by atoms with Crippen molar-refractivity contribution in [1.29, 1.82) is 0 Å². The van der Waals surface area contributed by atoms with Gasteiger partial charge in [-0.25, -0.2) is 22.1 Å². The van der Waals surface area contributed by atoms with Crippen LogP contribution in [0.1, 0.15) is 17.1 Å². The monoisotopic (exact) mass is 547 g/mol. The number of anilines is 1. The third-order valence-electron chi connectivity index (χ3n) is 4.78. The number of hydrogen-bond donors (Lipinski definition) is 0. The normalized spacial score (nSPS) is 12.5. The maximum absolute atomic E-state index is 15.0. The molecule has 0 aliphatic rings. The van der Waals surface area contributed by atoms with Gasteiger partial charge < -0.3 is 4.42 Å². The van der Waals surface area contributed by atoms with Crippen molar-refractivity contribution in [1.82, 2.24) is 20.2 Å². The third-order valence-corrected chi connectivity index (χ3v) is 6.52. The fraction of sp³-hybridized carbons (Fsp3) is 0.143. The zero-order valence-corrected chi connectivity index (χ0v) is 18.8. The van der Waals surface area contributed by atoms with Crippen molar-refractivity contribution in [2.24, 2.45) is 0 Å². The van der Waals surface area contributed by atoms with Gasteiger partial charge in [0.15, 0.2) is 0 Å². The Morgan fingerprint density at radius 3 is 2.27 bits per heavy atom. The van der Waals surface area contributed by atoms with Crippen molar-refractivity contribution in [3.8, 4) is 11.5 Å². The molecule has 0 N–H and O–H groups in total. The third kappa shape index (κ3) is 5.52. The summed E-state index contributed by atoms with van der Waals surface area (Å²) in [7, 11) is -4.60. The van der Waals surface area contributed by atoms with Crippen LogP contribution in [0, 0.1) is 5.82 Å². The summed E-state index contributed by atoms with van der Waals surface area (Å²) in [5.41, 5.74) is -1.97. The van der Waals surface area contributed by atoms with E-state index in [1.165, 1.54) is 12.3 Å². The Hall–Kier alpha value is -4.08. The SMILES string of the molecule is O=S(=O)(c1cccnc1)N(Cc1ccc(-c2nnc(C(F)(F)F)o2)cc1F)c1cccc(C(F)(F)F)n1. The Morgan fingerprint density at radius 1 is 0.919 bits per heavy atom. The van der Waals surface area contributed by atoms with E-state index >= 15 is 0 Å². The summed E-state index contributed by atoms with van der Waals surface area (Å²) < 4.78 is 124. The minimum atomic E-state index is -4.93. The second-order valence-electron chi connectivity index (χ2n) is 7.30. The molecular weight excluding hydrogens is 535 g/mol. The highest BCUT2D eigenvalue weighted by molar-refractivity contribution is 7.92. The molecule has 16 heteroatoms. The molecule has 0 aliphatic carbocycles. The second kappa shape index (κ2) is 9.42. The molecule has 4 rings (SSSR count). The molecule has 37 heavy (non-hydrogen) atoms. The van der Waals surface area contributed by atoms with Crippen LogP contribution in [0.15, 0.2) is 70.2 Å². The Bertz CT molecular complexity index is 1520. The molecule has 0 bridgehead atoms. The number of nitrogens with zero attached hydrogens (tertiary/aromatic N) is 5. The summed E-state index contributed by atoms with van der Waals surface area (Å²) in [6.07, 6.45) is -7.61. The fourth-order valence-electron chi connectivity index (χ4n) is 3.05. The smallest absolute Gasteiger partial charge is 0.413 e. The van der Waals surface area contributed by atoms with Gasteiger partial charge in [0.2, 0.25) is 5.89 Å². The van der Waals surface area contributed by atoms with Gasteiger partial charge in [-0.1, -0.05) is 12.1 Å². The standard InChI is InChI=1S/C21H12F7N5O3S/c22-15-9-12(18-31-32-19(36-18)21(26,27)28)6-7-13(15)11-33(37(34,35)14-3-2-8-29-10-14)17-5-1-4-16(30-17)20(23,24)25/h1-10H,11H2. The summed E-state index contributed by atoms with van der Waals surface area (Å²) in [5.74, 6) is -4.08. The minimum Gasteiger partial charge on any atom is -0.413 e. The maximum atomic E-state index is 15.0. The zero-order valence-electron chi connectivity index (χ0n) is 18.0. The lowest BCUT2D eigenvalue weighted by molar-refractivity contribution is -0.157. The molecule has 0 aliphatic heterocycles. The first kappa shape index (κ1) is 26.0. The summed E-state index contributed by atoms with van der Waals surface area (Å²) in [6.45, 7) is -0.824. The van der Waals surface area contributed by atoms with E-state index in [1.54, 1.807) is 0 Å². The Morgan fingerprint density at radius 2 is 1.68 bits per heavy atom. The van der Waals surface area contributed by atoms with Gasteiger partial charge in [-0.05, 0) is 36.4 Å². The van der Waals surface area contributed by atoms with E-state index < -0.39 is 62.9 Å². The van der Waals surface area contributed by atoms with Crippen LogP contribution >= 0.6 is 0 Å². The summed E-state index contributed by atoms with van der Waals surface area (Å²) in [5, 5.41) is 6.05. The summed E-state index contributed by atoms with van der Waals surface area (Å²) in [4.78, 5) is 6.68. The van der Waals surface area contributed by atoms with Gasteiger partial charge in [-0.2, -0.15) is 26.3 Å². The van der Waals surface area contributed by atoms with E-state index in [-0.39, 0.29) is 11.1 Å². The molecule has 0 amide bonds. The van der Waals surface area contributed by atoms with Gasteiger partial charge in [0.05, 0.1) is 6.54 Å². The van der Waals surface area contributed by atoms with Crippen LogP contribution < -0.4 is 4.31 Å². The number of aromatic nitrogens is 4. The van der Waals surface area contributed by atoms with Gasteiger partial charge in [0.1, 0.15) is 22.2 Å². The van der Waals surface area contributed by atoms with Crippen molar-refractivity contribution in [3.63, 3.8) is 0 Å². The number of pyridine rings is 2. The average molecular weight is 547 g/mol. The van der Waals surface area contributed by atoms with E-state index in [4.69, 9.17) is 0 Å². The highest BCUT2D eigenvalue weighted by Gasteiger charge is 2.38. The lowest BCUT2D eigenvalue weighted by Gasteiger charge is -2.24. The van der Waals surface area contributed by atoms with E-state index in [1.807, 2.05) is 0 Å². The number of rotatable bonds is 6. The predicted molar refractivity (Wildman–Crippen MR) is 112 cm³/mol. The predicted octanol–water partition coefficient (Wildman–Crippen LogP) is 5.10. The van der Waals surface area contributed by atoms with Crippen LogP contribution in [-0.4, -0.2) is 28.6 Å². The molecule has 0 saturated carbocycles. The highest BCUT2D eigenvalue weighted by Crippen LogP contribution is 2.33. The highest BCUT2D eigenvalue weighted by atomic mass is 32.2. The molecule has 4 aromatic rings. The molecular formula is C21H12F7N5O3S. The maximum Gasteiger partial charge on any atom is 0.470 e. The van der Waals surface area contributed by atoms with Gasteiger partial charge in [-0.15, -0.1) is 10.2 Å². The Kier molecular flexibility index (Phi) is 6.62. The van der Waals surface area contributed by atoms with Crippen molar-refractivity contribution in [2.45, 2.75) is 23.8 Å². The van der Waals surface area contributed by atoms with Crippen LogP contribution in [0.5, 0.6) is 0 Å². The molecule has 0 saturated heterocycles. The molecule has 0 spiro atoms. The van der Waals surface area contributed by atoms with E-state index in [0.717, 1.165) is 42.6 Å². The van der Waals surface area contributed by atoms with Crippen LogP contribution in [0.4, 0.5) is 36.6 Å². The Balaban J connectivity index is 1.75. The number of sulfonamides is 1. The largest absolute Gasteiger partial charge is 0.470 e. The van der Waals surface area contributed by atoms with Crippen LogP contribution in [0.3, 0.4) is 0 Å². The first-order chi connectivity index (χ1) is 17.3. The van der Waals surface area contributed by atoms with Crippen molar-refractivity contribution in [2.75, 3.05) is 4.31 Å². The summed E-state index contributed by atoms with van der Waals surface area (Å²) in [6, 6.07) is 7.79. The minimum absolute atomic E-state index is 0.247. The fourth-order valence-corrected chi connectivity index (χ4v) is 4.41. The van der Waals surface area contributed by atoms with Gasteiger partial charge >= 0.3 is 18.2 Å². The first-order valence-corrected chi connectivity index (χ1v) is 11.4. The summed E-state index contributed by atoms with van der Waals surface area (Å²) >= 11 is 0.